The van der Waals surface area contributed by atoms with Crippen molar-refractivity contribution in [2.75, 3.05) is 0 Å². The van der Waals surface area contributed by atoms with Gasteiger partial charge in [0.05, 0.1) is 0 Å². The van der Waals surface area contributed by atoms with E-state index in [0.717, 1.165) is 5.56 Å². The molecule has 3 aromatic rings. The Labute approximate surface area is 181 Å². The third-order valence-electron chi connectivity index (χ3n) is 4.37. The molecule has 6 heteroatoms. The number of hydrogen-bond acceptors (Lipinski definition) is 6. The average molecular weight is 420 g/mol. The van der Waals surface area contributed by atoms with Crippen molar-refractivity contribution in [2.45, 2.75) is 33.1 Å². The molecule has 0 atom stereocenters. The van der Waals surface area contributed by atoms with Crippen LogP contribution in [0.1, 0.15) is 31.9 Å². The van der Waals surface area contributed by atoms with Gasteiger partial charge in [-0.05, 0) is 53.8 Å². The molecule has 0 aliphatic carbocycles. The SMILES string of the molecule is Cc1cc(C(C)(C)C)cc(OC(=O)Oc2ccccc2)c1OC(=O)Oc1ccccc1. The first-order valence-electron chi connectivity index (χ1n) is 9.77. The minimum absolute atomic E-state index is 0.0656. The number of benzene rings is 3. The second kappa shape index (κ2) is 9.34. The molecule has 0 aliphatic heterocycles. The van der Waals surface area contributed by atoms with E-state index in [1.807, 2.05) is 26.8 Å². The summed E-state index contributed by atoms with van der Waals surface area (Å²) < 4.78 is 21.2. The summed E-state index contributed by atoms with van der Waals surface area (Å²) in [6.07, 6.45) is -1.89. The Morgan fingerprint density at radius 3 is 1.65 bits per heavy atom. The summed E-state index contributed by atoms with van der Waals surface area (Å²) in [5.41, 5.74) is 1.28. The van der Waals surface area contributed by atoms with E-state index in [4.69, 9.17) is 18.9 Å². The van der Waals surface area contributed by atoms with Gasteiger partial charge in [-0.1, -0.05) is 63.2 Å². The van der Waals surface area contributed by atoms with Crippen LogP contribution in [0.4, 0.5) is 9.59 Å². The molecule has 0 spiro atoms. The van der Waals surface area contributed by atoms with Crippen molar-refractivity contribution in [3.63, 3.8) is 0 Å². The van der Waals surface area contributed by atoms with Gasteiger partial charge in [-0.3, -0.25) is 0 Å². The Morgan fingerprint density at radius 2 is 1.16 bits per heavy atom. The Hall–Kier alpha value is -3.80. The van der Waals surface area contributed by atoms with Crippen molar-refractivity contribution in [1.29, 1.82) is 0 Å². The topological polar surface area (TPSA) is 71.1 Å². The lowest BCUT2D eigenvalue weighted by molar-refractivity contribution is 0.140. The highest BCUT2D eigenvalue weighted by molar-refractivity contribution is 5.73. The minimum Gasteiger partial charge on any atom is -0.395 e. The van der Waals surface area contributed by atoms with Gasteiger partial charge in [-0.15, -0.1) is 0 Å². The summed E-state index contributed by atoms with van der Waals surface area (Å²) in [7, 11) is 0. The molecule has 0 radical (unpaired) electrons. The summed E-state index contributed by atoms with van der Waals surface area (Å²) in [6, 6.07) is 20.6. The van der Waals surface area contributed by atoms with E-state index in [2.05, 4.69) is 0 Å². The number of carbonyl (C=O) groups is 2. The number of aryl methyl sites for hydroxylation is 1. The second-order valence-electron chi connectivity index (χ2n) is 7.90. The predicted octanol–water partition coefficient (Wildman–Crippen LogP) is 6.45. The molecule has 0 saturated carbocycles. The third kappa shape index (κ3) is 6.09. The minimum atomic E-state index is -0.946. The van der Waals surface area contributed by atoms with E-state index in [0.29, 0.717) is 17.1 Å². The van der Waals surface area contributed by atoms with E-state index >= 15 is 0 Å². The molecule has 6 nitrogen and oxygen atoms in total. The van der Waals surface area contributed by atoms with Crippen molar-refractivity contribution in [1.82, 2.24) is 0 Å². The molecular formula is C25H24O6. The third-order valence-corrected chi connectivity index (χ3v) is 4.37. The first-order chi connectivity index (χ1) is 14.7. The van der Waals surface area contributed by atoms with Crippen molar-refractivity contribution in [2.24, 2.45) is 0 Å². The Bertz CT molecular complexity index is 1050. The predicted molar refractivity (Wildman–Crippen MR) is 116 cm³/mol. The van der Waals surface area contributed by atoms with Gasteiger partial charge < -0.3 is 18.9 Å². The molecule has 0 saturated heterocycles. The smallest absolute Gasteiger partial charge is 0.395 e. The lowest BCUT2D eigenvalue weighted by atomic mass is 9.86. The molecule has 0 aliphatic rings. The number of carbonyl (C=O) groups excluding carboxylic acids is 2. The van der Waals surface area contributed by atoms with Crippen molar-refractivity contribution in [3.05, 3.63) is 83.9 Å². The van der Waals surface area contributed by atoms with Crippen LogP contribution in [-0.2, 0) is 5.41 Å². The average Bonchev–Trinajstić information content (AvgIpc) is 2.71. The molecule has 0 bridgehead atoms. The fraction of sp³-hybridized carbons (Fsp3) is 0.200. The fourth-order valence-electron chi connectivity index (χ4n) is 2.77. The van der Waals surface area contributed by atoms with E-state index in [9.17, 15) is 9.59 Å². The molecule has 0 unspecified atom stereocenters. The highest BCUT2D eigenvalue weighted by Crippen LogP contribution is 2.37. The van der Waals surface area contributed by atoms with Crippen molar-refractivity contribution in [3.8, 4) is 23.0 Å². The summed E-state index contributed by atoms with van der Waals surface area (Å²) >= 11 is 0. The van der Waals surface area contributed by atoms with Crippen LogP contribution < -0.4 is 18.9 Å². The van der Waals surface area contributed by atoms with Gasteiger partial charge in [-0.2, -0.15) is 0 Å². The van der Waals surface area contributed by atoms with Gasteiger partial charge in [0.25, 0.3) is 0 Å². The molecule has 3 rings (SSSR count). The molecule has 0 aromatic heterocycles. The maximum atomic E-state index is 12.4. The maximum Gasteiger partial charge on any atom is 0.519 e. The van der Waals surface area contributed by atoms with Gasteiger partial charge in [0.15, 0.2) is 11.5 Å². The Kier molecular flexibility index (Phi) is 6.60. The number of para-hydroxylation sites is 2. The molecule has 3 aromatic carbocycles. The molecule has 0 heterocycles. The lowest BCUT2D eigenvalue weighted by Gasteiger charge is -2.22. The molecule has 160 valence electrons. The van der Waals surface area contributed by atoms with E-state index < -0.39 is 12.3 Å². The Morgan fingerprint density at radius 1 is 0.677 bits per heavy atom. The van der Waals surface area contributed by atoms with E-state index in [1.165, 1.54) is 0 Å². The zero-order chi connectivity index (χ0) is 22.4. The first kappa shape index (κ1) is 21.9. The van der Waals surface area contributed by atoms with Crippen LogP contribution in [0.5, 0.6) is 23.0 Å². The monoisotopic (exact) mass is 420 g/mol. The fourth-order valence-corrected chi connectivity index (χ4v) is 2.77. The highest BCUT2D eigenvalue weighted by Gasteiger charge is 2.23. The van der Waals surface area contributed by atoms with Crippen molar-refractivity contribution < 1.29 is 28.5 Å². The normalized spacial score (nSPS) is 10.8. The van der Waals surface area contributed by atoms with Gasteiger partial charge in [0.2, 0.25) is 0 Å². The van der Waals surface area contributed by atoms with E-state index in [1.54, 1.807) is 73.7 Å². The van der Waals surface area contributed by atoms with Crippen LogP contribution in [0.25, 0.3) is 0 Å². The number of rotatable bonds is 4. The molecule has 0 fully saturated rings. The zero-order valence-corrected chi connectivity index (χ0v) is 17.9. The first-order valence-corrected chi connectivity index (χ1v) is 9.77. The molecule has 31 heavy (non-hydrogen) atoms. The second-order valence-corrected chi connectivity index (χ2v) is 7.90. The summed E-state index contributed by atoms with van der Waals surface area (Å²) in [6.45, 7) is 7.84. The van der Waals surface area contributed by atoms with E-state index in [-0.39, 0.29) is 16.9 Å². The van der Waals surface area contributed by atoms with Crippen LogP contribution in [0.15, 0.2) is 72.8 Å². The van der Waals surface area contributed by atoms with Crippen LogP contribution in [-0.4, -0.2) is 12.3 Å². The van der Waals surface area contributed by atoms with Gasteiger partial charge >= 0.3 is 12.3 Å². The zero-order valence-electron chi connectivity index (χ0n) is 17.9. The van der Waals surface area contributed by atoms with Crippen LogP contribution in [0, 0.1) is 6.92 Å². The van der Waals surface area contributed by atoms with Gasteiger partial charge in [0, 0.05) is 0 Å². The Balaban J connectivity index is 1.86. The molecule has 0 amide bonds. The van der Waals surface area contributed by atoms with Crippen LogP contribution >= 0.6 is 0 Å². The number of ether oxygens (including phenoxy) is 4. The summed E-state index contributed by atoms with van der Waals surface area (Å²) in [5.74, 6) is 0.819. The molecular weight excluding hydrogens is 396 g/mol. The summed E-state index contributed by atoms with van der Waals surface area (Å²) in [5, 5.41) is 0. The van der Waals surface area contributed by atoms with Crippen molar-refractivity contribution >= 4 is 12.3 Å². The molecule has 0 N–H and O–H groups in total. The largest absolute Gasteiger partial charge is 0.519 e. The lowest BCUT2D eigenvalue weighted by Crippen LogP contribution is -2.19. The quantitative estimate of drug-likeness (QED) is 0.357. The van der Waals surface area contributed by atoms with Gasteiger partial charge in [0.1, 0.15) is 11.5 Å². The van der Waals surface area contributed by atoms with Crippen LogP contribution in [0.2, 0.25) is 0 Å². The maximum absolute atomic E-state index is 12.4. The highest BCUT2D eigenvalue weighted by atomic mass is 16.7. The van der Waals surface area contributed by atoms with Gasteiger partial charge in [-0.25, -0.2) is 9.59 Å². The van der Waals surface area contributed by atoms with Crippen LogP contribution in [0.3, 0.4) is 0 Å². The number of hydrogen-bond donors (Lipinski definition) is 0. The standard InChI is InChI=1S/C25H24O6/c1-17-15-18(25(2,3)4)16-21(30-23(26)28-19-11-7-5-8-12-19)22(17)31-24(27)29-20-13-9-6-10-14-20/h5-16H,1-4H3. The summed E-state index contributed by atoms with van der Waals surface area (Å²) in [4.78, 5) is 24.7.